The largest absolute Gasteiger partial charge is 0.393 e. The minimum absolute atomic E-state index is 0.0941. The minimum Gasteiger partial charge on any atom is -0.393 e. The van der Waals surface area contributed by atoms with Crippen molar-refractivity contribution in [1.29, 1.82) is 0 Å². The number of rotatable bonds is 4. The van der Waals surface area contributed by atoms with Crippen LogP contribution in [0.15, 0.2) is 30.6 Å². The van der Waals surface area contributed by atoms with Crippen LogP contribution in [0.1, 0.15) is 19.9 Å². The summed E-state index contributed by atoms with van der Waals surface area (Å²) in [4.78, 5) is 10.2. The Kier molecular flexibility index (Phi) is 3.37. The number of nitrogens with zero attached hydrogens (tertiary/aromatic N) is 3. The van der Waals surface area contributed by atoms with Crippen LogP contribution >= 0.6 is 0 Å². The Morgan fingerprint density at radius 1 is 1.42 bits per heavy atom. The normalized spacial score (nSPS) is 10.7. The van der Waals surface area contributed by atoms with Gasteiger partial charge in [0.1, 0.15) is 5.69 Å². The van der Waals surface area contributed by atoms with Crippen molar-refractivity contribution in [1.82, 2.24) is 9.78 Å². The molecule has 1 aromatic carbocycles. The van der Waals surface area contributed by atoms with Gasteiger partial charge in [-0.2, -0.15) is 5.10 Å². The molecule has 19 heavy (non-hydrogen) atoms. The molecule has 0 bridgehead atoms. The van der Waals surface area contributed by atoms with Gasteiger partial charge in [-0.25, -0.2) is 0 Å². The second kappa shape index (κ2) is 4.97. The van der Waals surface area contributed by atoms with Crippen molar-refractivity contribution >= 4 is 22.7 Å². The quantitative estimate of drug-likeness (QED) is 0.500. The maximum absolute atomic E-state index is 10.7. The van der Waals surface area contributed by atoms with Gasteiger partial charge in [0.2, 0.25) is 0 Å². The first kappa shape index (κ1) is 12.9. The summed E-state index contributed by atoms with van der Waals surface area (Å²) in [6.07, 6.45) is 3.56. The molecule has 0 aliphatic carbocycles. The SMILES string of the molecule is CC(C)n1cc(Nc2ccc([N+](=O)[O-])c(N)c2)cn1. The molecule has 0 saturated heterocycles. The number of anilines is 3. The van der Waals surface area contributed by atoms with Gasteiger partial charge < -0.3 is 11.1 Å². The summed E-state index contributed by atoms with van der Waals surface area (Å²) in [5.74, 6) is 0. The molecule has 1 aromatic heterocycles. The van der Waals surface area contributed by atoms with Gasteiger partial charge in [-0.3, -0.25) is 14.8 Å². The lowest BCUT2D eigenvalue weighted by molar-refractivity contribution is -0.383. The number of benzene rings is 1. The summed E-state index contributed by atoms with van der Waals surface area (Å²) < 4.78 is 1.82. The van der Waals surface area contributed by atoms with Crippen molar-refractivity contribution in [2.45, 2.75) is 19.9 Å². The molecule has 0 spiro atoms. The van der Waals surface area contributed by atoms with Crippen LogP contribution in [0.5, 0.6) is 0 Å². The molecule has 0 aliphatic heterocycles. The Bertz CT molecular complexity index is 606. The van der Waals surface area contributed by atoms with Gasteiger partial charge in [-0.15, -0.1) is 0 Å². The number of nitrogens with two attached hydrogens (primary N) is 1. The fraction of sp³-hybridized carbons (Fsp3) is 0.250. The molecule has 0 saturated carbocycles. The highest BCUT2D eigenvalue weighted by Gasteiger charge is 2.11. The molecule has 7 heteroatoms. The highest BCUT2D eigenvalue weighted by atomic mass is 16.6. The smallest absolute Gasteiger partial charge is 0.292 e. The third-order valence-corrected chi connectivity index (χ3v) is 2.64. The number of nitrogens with one attached hydrogen (secondary N) is 1. The van der Waals surface area contributed by atoms with E-state index in [0.29, 0.717) is 5.69 Å². The molecule has 2 rings (SSSR count). The van der Waals surface area contributed by atoms with Crippen LogP contribution in [0.4, 0.5) is 22.7 Å². The maximum atomic E-state index is 10.7. The van der Waals surface area contributed by atoms with Gasteiger partial charge in [0.15, 0.2) is 0 Å². The van der Waals surface area contributed by atoms with Crippen LogP contribution in [0.25, 0.3) is 0 Å². The lowest BCUT2D eigenvalue weighted by Crippen LogP contribution is -2.00. The highest BCUT2D eigenvalue weighted by Crippen LogP contribution is 2.26. The Labute approximate surface area is 110 Å². The molecular weight excluding hydrogens is 246 g/mol. The molecule has 0 radical (unpaired) electrons. The predicted molar refractivity (Wildman–Crippen MR) is 73.4 cm³/mol. The fourth-order valence-corrected chi connectivity index (χ4v) is 1.65. The first-order valence-corrected chi connectivity index (χ1v) is 5.82. The van der Waals surface area contributed by atoms with E-state index in [0.717, 1.165) is 5.69 Å². The van der Waals surface area contributed by atoms with Gasteiger partial charge in [0, 0.05) is 24.0 Å². The van der Waals surface area contributed by atoms with Crippen LogP contribution < -0.4 is 11.1 Å². The topological polar surface area (TPSA) is 99.0 Å². The van der Waals surface area contributed by atoms with E-state index in [-0.39, 0.29) is 17.4 Å². The van der Waals surface area contributed by atoms with Crippen LogP contribution in [-0.2, 0) is 0 Å². The predicted octanol–water partition coefficient (Wildman–Crippen LogP) is 2.70. The number of aromatic nitrogens is 2. The standard InChI is InChI=1S/C12H15N5O2/c1-8(2)16-7-10(6-14-16)15-9-3-4-12(17(18)19)11(13)5-9/h3-8,15H,13H2,1-2H3. The van der Waals surface area contributed by atoms with Crippen molar-refractivity contribution in [2.75, 3.05) is 11.1 Å². The summed E-state index contributed by atoms with van der Waals surface area (Å²) in [7, 11) is 0. The summed E-state index contributed by atoms with van der Waals surface area (Å²) in [6.45, 7) is 4.06. The van der Waals surface area contributed by atoms with E-state index >= 15 is 0 Å². The average Bonchev–Trinajstić information content (AvgIpc) is 2.77. The molecule has 3 N–H and O–H groups in total. The zero-order valence-corrected chi connectivity index (χ0v) is 10.7. The van der Waals surface area contributed by atoms with Gasteiger partial charge >= 0.3 is 0 Å². The summed E-state index contributed by atoms with van der Waals surface area (Å²) in [5, 5.41) is 18.0. The average molecular weight is 261 g/mol. The second-order valence-electron chi connectivity index (χ2n) is 4.46. The molecule has 0 aliphatic rings. The van der Waals surface area contributed by atoms with E-state index in [1.165, 1.54) is 12.1 Å². The van der Waals surface area contributed by atoms with E-state index < -0.39 is 4.92 Å². The maximum Gasteiger partial charge on any atom is 0.292 e. The van der Waals surface area contributed by atoms with Gasteiger partial charge in [0.25, 0.3) is 5.69 Å². The van der Waals surface area contributed by atoms with Gasteiger partial charge in [-0.05, 0) is 26.0 Å². The van der Waals surface area contributed by atoms with Crippen LogP contribution in [0.2, 0.25) is 0 Å². The van der Waals surface area contributed by atoms with E-state index in [1.807, 2.05) is 24.7 Å². The Morgan fingerprint density at radius 3 is 2.68 bits per heavy atom. The zero-order chi connectivity index (χ0) is 14.0. The molecular formula is C12H15N5O2. The number of nitro benzene ring substituents is 1. The van der Waals surface area contributed by atoms with Gasteiger partial charge in [-0.1, -0.05) is 0 Å². The molecule has 1 heterocycles. The lowest BCUT2D eigenvalue weighted by atomic mass is 10.2. The minimum atomic E-state index is -0.504. The van der Waals surface area contributed by atoms with Crippen molar-refractivity contribution in [3.05, 3.63) is 40.7 Å². The Morgan fingerprint density at radius 2 is 2.16 bits per heavy atom. The van der Waals surface area contributed by atoms with Crippen molar-refractivity contribution in [2.24, 2.45) is 0 Å². The number of nitrogen functional groups attached to an aromatic ring is 1. The number of hydrogen-bond acceptors (Lipinski definition) is 5. The molecule has 0 atom stereocenters. The van der Waals surface area contributed by atoms with E-state index in [2.05, 4.69) is 10.4 Å². The molecule has 100 valence electrons. The van der Waals surface area contributed by atoms with Crippen molar-refractivity contribution in [3.63, 3.8) is 0 Å². The van der Waals surface area contributed by atoms with Crippen LogP contribution in [0, 0.1) is 10.1 Å². The monoisotopic (exact) mass is 261 g/mol. The number of nitro groups is 1. The fourth-order valence-electron chi connectivity index (χ4n) is 1.65. The molecule has 0 fully saturated rings. The van der Waals surface area contributed by atoms with Crippen LogP contribution in [0.3, 0.4) is 0 Å². The Balaban J connectivity index is 2.19. The molecule has 2 aromatic rings. The third-order valence-electron chi connectivity index (χ3n) is 2.64. The summed E-state index contributed by atoms with van der Waals surface area (Å²) in [5.41, 5.74) is 7.16. The van der Waals surface area contributed by atoms with Crippen LogP contribution in [-0.4, -0.2) is 14.7 Å². The zero-order valence-electron chi connectivity index (χ0n) is 10.7. The van der Waals surface area contributed by atoms with Crippen molar-refractivity contribution < 1.29 is 4.92 Å². The van der Waals surface area contributed by atoms with Crippen molar-refractivity contribution in [3.8, 4) is 0 Å². The molecule has 7 nitrogen and oxygen atoms in total. The first-order valence-electron chi connectivity index (χ1n) is 5.82. The summed E-state index contributed by atoms with van der Waals surface area (Å²) in [6, 6.07) is 4.80. The van der Waals surface area contributed by atoms with E-state index in [1.54, 1.807) is 12.3 Å². The molecule has 0 unspecified atom stereocenters. The Hall–Kier alpha value is -2.57. The van der Waals surface area contributed by atoms with E-state index in [4.69, 9.17) is 5.73 Å². The number of hydrogen-bond donors (Lipinski definition) is 2. The van der Waals surface area contributed by atoms with E-state index in [9.17, 15) is 10.1 Å². The second-order valence-corrected chi connectivity index (χ2v) is 4.46. The lowest BCUT2D eigenvalue weighted by Gasteiger charge is -2.05. The summed E-state index contributed by atoms with van der Waals surface area (Å²) >= 11 is 0. The van der Waals surface area contributed by atoms with Gasteiger partial charge in [0.05, 0.1) is 16.8 Å². The first-order chi connectivity index (χ1) is 8.97. The highest BCUT2D eigenvalue weighted by molar-refractivity contribution is 5.69. The molecule has 0 amide bonds. The third kappa shape index (κ3) is 2.82.